The second-order valence-corrected chi connectivity index (χ2v) is 6.20. The first-order valence-corrected chi connectivity index (χ1v) is 7.65. The quantitative estimate of drug-likeness (QED) is 0.715. The number of aromatic nitrogens is 2. The van der Waals surface area contributed by atoms with Crippen molar-refractivity contribution in [3.63, 3.8) is 0 Å². The van der Waals surface area contributed by atoms with Crippen LogP contribution in [0.3, 0.4) is 0 Å². The molecule has 0 N–H and O–H groups in total. The molecule has 112 valence electrons. The highest BCUT2D eigenvalue weighted by Crippen LogP contribution is 2.30. The summed E-state index contributed by atoms with van der Waals surface area (Å²) >= 11 is 9.57. The molecule has 0 unspecified atom stereocenters. The third-order valence-electron chi connectivity index (χ3n) is 2.89. The van der Waals surface area contributed by atoms with E-state index in [9.17, 15) is 4.39 Å². The lowest BCUT2D eigenvalue weighted by Gasteiger charge is -2.11. The van der Waals surface area contributed by atoms with Crippen LogP contribution in [0.25, 0.3) is 11.4 Å². The van der Waals surface area contributed by atoms with Gasteiger partial charge in [0.15, 0.2) is 17.4 Å². The van der Waals surface area contributed by atoms with E-state index >= 15 is 0 Å². The molecule has 0 radical (unpaired) electrons. The molecule has 2 rings (SSSR count). The maximum atomic E-state index is 13.5. The number of benzene rings is 1. The van der Waals surface area contributed by atoms with Gasteiger partial charge in [-0.15, -0.1) is 0 Å². The molecule has 0 amide bonds. The molecule has 0 saturated carbocycles. The number of rotatable bonds is 4. The summed E-state index contributed by atoms with van der Waals surface area (Å²) in [4.78, 5) is 8.77. The van der Waals surface area contributed by atoms with Crippen LogP contribution in [0.2, 0.25) is 5.15 Å². The van der Waals surface area contributed by atoms with Gasteiger partial charge in [0.25, 0.3) is 0 Å². The monoisotopic (exact) mass is 372 g/mol. The normalized spacial score (nSPS) is 11.0. The Labute approximate surface area is 136 Å². The minimum absolute atomic E-state index is 0.153. The third kappa shape index (κ3) is 3.71. The Morgan fingerprint density at radius 2 is 2.05 bits per heavy atom. The van der Waals surface area contributed by atoms with Crippen molar-refractivity contribution >= 4 is 27.5 Å². The van der Waals surface area contributed by atoms with Crippen LogP contribution < -0.4 is 4.74 Å². The van der Waals surface area contributed by atoms with Gasteiger partial charge in [-0.1, -0.05) is 25.4 Å². The van der Waals surface area contributed by atoms with Gasteiger partial charge in [0.05, 0.1) is 17.3 Å². The van der Waals surface area contributed by atoms with Crippen molar-refractivity contribution in [1.82, 2.24) is 9.97 Å². The minimum atomic E-state index is -0.424. The Hall–Kier alpha value is -1.20. The smallest absolute Gasteiger partial charge is 0.165 e. The van der Waals surface area contributed by atoms with Crippen molar-refractivity contribution in [1.29, 1.82) is 0 Å². The van der Waals surface area contributed by atoms with E-state index in [1.165, 1.54) is 13.2 Å². The van der Waals surface area contributed by atoms with Gasteiger partial charge in [0, 0.05) is 5.56 Å². The fourth-order valence-corrected chi connectivity index (χ4v) is 2.44. The van der Waals surface area contributed by atoms with E-state index in [0.717, 1.165) is 12.1 Å². The van der Waals surface area contributed by atoms with Crippen molar-refractivity contribution in [2.24, 2.45) is 5.92 Å². The Bertz CT molecular complexity index is 664. The van der Waals surface area contributed by atoms with Crippen molar-refractivity contribution in [2.75, 3.05) is 7.11 Å². The zero-order valence-corrected chi connectivity index (χ0v) is 14.3. The van der Waals surface area contributed by atoms with Gasteiger partial charge in [-0.2, -0.15) is 0 Å². The third-order valence-corrected chi connectivity index (χ3v) is 4.23. The first-order valence-electron chi connectivity index (χ1n) is 6.48. The first-order chi connectivity index (χ1) is 9.92. The van der Waals surface area contributed by atoms with Gasteiger partial charge < -0.3 is 4.74 Å². The Kier molecular flexibility index (Phi) is 5.17. The number of methoxy groups -OCH3 is 1. The summed E-state index contributed by atoms with van der Waals surface area (Å²) < 4.78 is 19.2. The average molecular weight is 374 g/mol. The van der Waals surface area contributed by atoms with Crippen LogP contribution in [-0.4, -0.2) is 17.1 Å². The number of hydrogen-bond donors (Lipinski definition) is 0. The van der Waals surface area contributed by atoms with Crippen molar-refractivity contribution < 1.29 is 9.13 Å². The molecule has 3 nitrogen and oxygen atoms in total. The summed E-state index contributed by atoms with van der Waals surface area (Å²) in [5, 5.41) is 0.346. The van der Waals surface area contributed by atoms with E-state index < -0.39 is 5.82 Å². The standard InChI is InChI=1S/C15H15BrClFN2O/c1-8(2)6-11-13(16)14(17)20-15(19-11)9-4-5-10(18)12(7-9)21-3/h4-5,7-8H,6H2,1-3H3. The molecule has 21 heavy (non-hydrogen) atoms. The van der Waals surface area contributed by atoms with Crippen LogP contribution in [0.1, 0.15) is 19.5 Å². The molecule has 0 bridgehead atoms. The molecule has 1 aromatic carbocycles. The van der Waals surface area contributed by atoms with Gasteiger partial charge in [0.1, 0.15) is 5.15 Å². The van der Waals surface area contributed by atoms with E-state index in [1.807, 2.05) is 0 Å². The summed E-state index contributed by atoms with van der Waals surface area (Å²) in [5.74, 6) is 0.618. The molecule has 0 atom stereocenters. The minimum Gasteiger partial charge on any atom is -0.494 e. The molecule has 0 aliphatic rings. The number of ether oxygens (including phenoxy) is 1. The van der Waals surface area contributed by atoms with Crippen molar-refractivity contribution in [2.45, 2.75) is 20.3 Å². The molecule has 0 saturated heterocycles. The zero-order valence-electron chi connectivity index (χ0n) is 12.0. The Morgan fingerprint density at radius 3 is 2.67 bits per heavy atom. The second kappa shape index (κ2) is 6.71. The first kappa shape index (κ1) is 16.2. The van der Waals surface area contributed by atoms with Gasteiger partial charge >= 0.3 is 0 Å². The highest BCUT2D eigenvalue weighted by molar-refractivity contribution is 9.10. The Morgan fingerprint density at radius 1 is 1.33 bits per heavy atom. The highest BCUT2D eigenvalue weighted by Gasteiger charge is 2.14. The second-order valence-electron chi connectivity index (χ2n) is 5.05. The molecule has 0 aliphatic heterocycles. The van der Waals surface area contributed by atoms with Gasteiger partial charge in [-0.3, -0.25) is 0 Å². The summed E-state index contributed by atoms with van der Waals surface area (Å²) in [7, 11) is 1.42. The lowest BCUT2D eigenvalue weighted by Crippen LogP contribution is -2.03. The molecule has 1 heterocycles. The molecule has 0 spiro atoms. The van der Waals surface area contributed by atoms with Crippen LogP contribution in [0.15, 0.2) is 22.7 Å². The fourth-order valence-electron chi connectivity index (χ4n) is 1.91. The molecule has 0 fully saturated rings. The fraction of sp³-hybridized carbons (Fsp3) is 0.333. The largest absolute Gasteiger partial charge is 0.494 e. The number of hydrogen-bond acceptors (Lipinski definition) is 3. The van der Waals surface area contributed by atoms with E-state index in [4.69, 9.17) is 16.3 Å². The number of halogens is 3. The van der Waals surface area contributed by atoms with Crippen LogP contribution in [-0.2, 0) is 6.42 Å². The SMILES string of the molecule is COc1cc(-c2nc(Cl)c(Br)c(CC(C)C)n2)ccc1F. The van der Waals surface area contributed by atoms with E-state index in [0.29, 0.717) is 26.9 Å². The molecular formula is C15H15BrClFN2O. The van der Waals surface area contributed by atoms with Crippen LogP contribution in [0, 0.1) is 11.7 Å². The van der Waals surface area contributed by atoms with E-state index in [-0.39, 0.29) is 5.75 Å². The van der Waals surface area contributed by atoms with Crippen LogP contribution >= 0.6 is 27.5 Å². The molecule has 1 aromatic heterocycles. The van der Waals surface area contributed by atoms with E-state index in [1.54, 1.807) is 12.1 Å². The molecule has 6 heteroatoms. The molecule has 2 aromatic rings. The van der Waals surface area contributed by atoms with Crippen LogP contribution in [0.5, 0.6) is 5.75 Å². The average Bonchev–Trinajstić information content (AvgIpc) is 2.43. The summed E-state index contributed by atoms with van der Waals surface area (Å²) in [6, 6.07) is 4.50. The summed E-state index contributed by atoms with van der Waals surface area (Å²) in [6.07, 6.45) is 0.772. The molecule has 0 aliphatic carbocycles. The van der Waals surface area contributed by atoms with Crippen molar-refractivity contribution in [3.8, 4) is 17.1 Å². The highest BCUT2D eigenvalue weighted by atomic mass is 79.9. The van der Waals surface area contributed by atoms with Crippen LogP contribution in [0.4, 0.5) is 4.39 Å². The van der Waals surface area contributed by atoms with E-state index in [2.05, 4.69) is 39.7 Å². The predicted molar refractivity (Wildman–Crippen MR) is 85.2 cm³/mol. The zero-order chi connectivity index (χ0) is 15.6. The maximum Gasteiger partial charge on any atom is 0.165 e. The van der Waals surface area contributed by atoms with Gasteiger partial charge in [-0.25, -0.2) is 14.4 Å². The predicted octanol–water partition coefficient (Wildman–Crippen LogP) is 4.91. The summed E-state index contributed by atoms with van der Waals surface area (Å²) in [5.41, 5.74) is 1.50. The van der Waals surface area contributed by atoms with Gasteiger partial charge in [-0.05, 0) is 46.5 Å². The maximum absolute atomic E-state index is 13.5. The van der Waals surface area contributed by atoms with Gasteiger partial charge in [0.2, 0.25) is 0 Å². The summed E-state index contributed by atoms with van der Waals surface area (Å²) in [6.45, 7) is 4.20. The molecular weight excluding hydrogens is 359 g/mol. The Balaban J connectivity index is 2.51. The lowest BCUT2D eigenvalue weighted by molar-refractivity contribution is 0.386. The number of nitrogens with zero attached hydrogens (tertiary/aromatic N) is 2. The topological polar surface area (TPSA) is 35.0 Å². The van der Waals surface area contributed by atoms with Crippen molar-refractivity contribution in [3.05, 3.63) is 39.3 Å². The lowest BCUT2D eigenvalue weighted by atomic mass is 10.1.